The standard InChI is InChI=1S/C54H37N3/c1-4-17-35(18-5-1)51-55-52(43-27-14-19-34-16-10-11-24-38(34)43)57-53(56-51)44-28-15-26-41-45-32-47-40-25-12-13-29-48(40)54(36-20-6-2-7-21-36,37-22-8-3-9-23-37)49(47)33-46(45)39-30-31-42(39)50(41)44/h1-29,32-33,39,42H,30-31H2. The van der Waals surface area contributed by atoms with Gasteiger partial charge in [0, 0.05) is 16.7 Å². The second-order valence-corrected chi connectivity index (χ2v) is 15.8. The van der Waals surface area contributed by atoms with E-state index in [9.17, 15) is 0 Å². The first-order valence-electron chi connectivity index (χ1n) is 20.1. The topological polar surface area (TPSA) is 38.7 Å². The van der Waals surface area contributed by atoms with Crippen molar-refractivity contribution >= 4 is 10.8 Å². The minimum absolute atomic E-state index is 0.381. The average Bonchev–Trinajstić information content (AvgIpc) is 3.56. The Balaban J connectivity index is 1.10. The highest BCUT2D eigenvalue weighted by Gasteiger charge is 2.49. The van der Waals surface area contributed by atoms with E-state index in [1.807, 2.05) is 6.07 Å². The third kappa shape index (κ3) is 4.69. The van der Waals surface area contributed by atoms with E-state index in [0.29, 0.717) is 23.5 Å². The summed E-state index contributed by atoms with van der Waals surface area (Å²) in [5.41, 5.74) is 16.1. The summed E-state index contributed by atoms with van der Waals surface area (Å²) in [6.07, 6.45) is 2.30. The maximum atomic E-state index is 5.35. The molecule has 3 aliphatic rings. The van der Waals surface area contributed by atoms with Crippen molar-refractivity contribution in [2.75, 3.05) is 0 Å². The van der Waals surface area contributed by atoms with E-state index in [1.54, 1.807) is 0 Å². The Kier molecular flexibility index (Phi) is 7.10. The van der Waals surface area contributed by atoms with E-state index in [0.717, 1.165) is 40.7 Å². The zero-order valence-corrected chi connectivity index (χ0v) is 31.3. The summed E-state index contributed by atoms with van der Waals surface area (Å²) < 4.78 is 0. The van der Waals surface area contributed by atoms with Crippen molar-refractivity contribution in [3.05, 3.63) is 221 Å². The van der Waals surface area contributed by atoms with Crippen LogP contribution in [-0.2, 0) is 5.41 Å². The molecular weight excluding hydrogens is 691 g/mol. The van der Waals surface area contributed by atoms with Crippen molar-refractivity contribution in [3.63, 3.8) is 0 Å². The number of benzene rings is 8. The smallest absolute Gasteiger partial charge is 0.164 e. The summed E-state index contributed by atoms with van der Waals surface area (Å²) in [5.74, 6) is 2.92. The molecule has 1 saturated carbocycles. The van der Waals surface area contributed by atoms with Gasteiger partial charge < -0.3 is 0 Å². The van der Waals surface area contributed by atoms with Crippen LogP contribution in [0.15, 0.2) is 188 Å². The lowest BCUT2D eigenvalue weighted by molar-refractivity contribution is 0.343. The van der Waals surface area contributed by atoms with Gasteiger partial charge in [0.05, 0.1) is 5.41 Å². The first-order chi connectivity index (χ1) is 28.3. The maximum Gasteiger partial charge on any atom is 0.164 e. The Morgan fingerprint density at radius 2 is 0.947 bits per heavy atom. The van der Waals surface area contributed by atoms with E-state index < -0.39 is 5.41 Å². The van der Waals surface area contributed by atoms with Crippen molar-refractivity contribution in [1.82, 2.24) is 15.0 Å². The Morgan fingerprint density at radius 3 is 1.70 bits per heavy atom. The molecule has 3 heteroatoms. The molecule has 0 radical (unpaired) electrons. The lowest BCUT2D eigenvalue weighted by atomic mass is 9.59. The van der Waals surface area contributed by atoms with Gasteiger partial charge in [0.2, 0.25) is 0 Å². The Bertz CT molecular complexity index is 2980. The first-order valence-corrected chi connectivity index (χ1v) is 20.1. The summed E-state index contributed by atoms with van der Waals surface area (Å²) in [6.45, 7) is 0. The van der Waals surface area contributed by atoms with E-state index in [-0.39, 0.29) is 0 Å². The van der Waals surface area contributed by atoms with Gasteiger partial charge in [0.1, 0.15) is 0 Å². The Labute approximate surface area is 332 Å². The molecular formula is C54H37N3. The third-order valence-corrected chi connectivity index (χ3v) is 13.0. The zero-order valence-electron chi connectivity index (χ0n) is 31.3. The van der Waals surface area contributed by atoms with Crippen LogP contribution < -0.4 is 0 Å². The largest absolute Gasteiger partial charge is 0.208 e. The average molecular weight is 728 g/mol. The molecule has 12 rings (SSSR count). The second-order valence-electron chi connectivity index (χ2n) is 15.8. The maximum absolute atomic E-state index is 5.35. The van der Waals surface area contributed by atoms with Crippen LogP contribution in [0.5, 0.6) is 0 Å². The highest BCUT2D eigenvalue weighted by Crippen LogP contribution is 2.63. The molecule has 3 nitrogen and oxygen atoms in total. The molecule has 0 bridgehead atoms. The highest BCUT2D eigenvalue weighted by molar-refractivity contribution is 5.96. The number of hydrogen-bond donors (Lipinski definition) is 0. The van der Waals surface area contributed by atoms with Gasteiger partial charge in [0.25, 0.3) is 0 Å². The summed E-state index contributed by atoms with van der Waals surface area (Å²) in [6, 6.07) is 68.5. The quantitative estimate of drug-likeness (QED) is 0.177. The normalized spacial score (nSPS) is 16.8. The molecule has 57 heavy (non-hydrogen) atoms. The van der Waals surface area contributed by atoms with Gasteiger partial charge in [-0.15, -0.1) is 0 Å². The van der Waals surface area contributed by atoms with Crippen molar-refractivity contribution < 1.29 is 0 Å². The number of aromatic nitrogens is 3. The zero-order chi connectivity index (χ0) is 37.5. The Hall–Kier alpha value is -6.97. The van der Waals surface area contributed by atoms with Crippen molar-refractivity contribution in [2.24, 2.45) is 0 Å². The molecule has 1 heterocycles. The van der Waals surface area contributed by atoms with E-state index in [2.05, 4.69) is 182 Å². The minimum atomic E-state index is -0.415. The van der Waals surface area contributed by atoms with Crippen molar-refractivity contribution in [1.29, 1.82) is 0 Å². The minimum Gasteiger partial charge on any atom is -0.208 e. The number of nitrogens with zero attached hydrogens (tertiary/aromatic N) is 3. The fourth-order valence-electron chi connectivity index (χ4n) is 10.4. The third-order valence-electron chi connectivity index (χ3n) is 13.0. The highest BCUT2D eigenvalue weighted by atomic mass is 15.0. The first kappa shape index (κ1) is 32.3. The molecule has 1 aromatic heterocycles. The van der Waals surface area contributed by atoms with Crippen LogP contribution in [0.25, 0.3) is 67.2 Å². The number of fused-ring (bicyclic) bond motifs is 10. The van der Waals surface area contributed by atoms with Crippen LogP contribution in [0.3, 0.4) is 0 Å². The summed E-state index contributed by atoms with van der Waals surface area (Å²) in [5, 5.41) is 2.30. The summed E-state index contributed by atoms with van der Waals surface area (Å²) in [4.78, 5) is 15.8. The lowest BCUT2D eigenvalue weighted by Gasteiger charge is -2.45. The monoisotopic (exact) mass is 727 g/mol. The van der Waals surface area contributed by atoms with E-state index >= 15 is 0 Å². The van der Waals surface area contributed by atoms with Crippen LogP contribution in [-0.4, -0.2) is 15.0 Å². The van der Waals surface area contributed by atoms with Crippen molar-refractivity contribution in [2.45, 2.75) is 30.1 Å². The molecule has 0 spiro atoms. The van der Waals surface area contributed by atoms with E-state index in [1.165, 1.54) is 61.0 Å². The molecule has 9 aromatic rings. The predicted molar refractivity (Wildman–Crippen MR) is 231 cm³/mol. The summed E-state index contributed by atoms with van der Waals surface area (Å²) in [7, 11) is 0. The van der Waals surface area contributed by atoms with E-state index in [4.69, 9.17) is 15.0 Å². The SMILES string of the molecule is c1ccc(-c2nc(-c3cccc4c3C3CCC3c3cc5c(cc3-4)-c3ccccc3C5(c3ccccc3)c3ccccc3)nc(-c3cccc4ccccc34)n2)cc1. The van der Waals surface area contributed by atoms with Gasteiger partial charge in [-0.25, -0.2) is 15.0 Å². The summed E-state index contributed by atoms with van der Waals surface area (Å²) >= 11 is 0. The predicted octanol–water partition coefficient (Wildman–Crippen LogP) is 13.0. The second kappa shape index (κ2) is 12.5. The fraction of sp³-hybridized carbons (Fsp3) is 0.0926. The van der Waals surface area contributed by atoms with Crippen LogP contribution in [0, 0.1) is 0 Å². The molecule has 2 atom stereocenters. The van der Waals surface area contributed by atoms with Crippen molar-refractivity contribution in [3.8, 4) is 56.4 Å². The number of rotatable bonds is 5. The molecule has 1 fully saturated rings. The molecule has 0 N–H and O–H groups in total. The van der Waals surface area contributed by atoms with Crippen LogP contribution in [0.1, 0.15) is 58.1 Å². The van der Waals surface area contributed by atoms with Crippen LogP contribution >= 0.6 is 0 Å². The van der Waals surface area contributed by atoms with Gasteiger partial charge >= 0.3 is 0 Å². The Morgan fingerprint density at radius 1 is 0.386 bits per heavy atom. The fourth-order valence-corrected chi connectivity index (χ4v) is 10.4. The molecule has 268 valence electrons. The molecule has 3 aliphatic carbocycles. The van der Waals surface area contributed by atoms with Gasteiger partial charge in [-0.2, -0.15) is 0 Å². The van der Waals surface area contributed by atoms with Crippen LogP contribution in [0.2, 0.25) is 0 Å². The van der Waals surface area contributed by atoms with Gasteiger partial charge in [-0.3, -0.25) is 0 Å². The molecule has 0 amide bonds. The lowest BCUT2D eigenvalue weighted by Crippen LogP contribution is -2.30. The molecule has 0 aliphatic heterocycles. The molecule has 2 unspecified atom stereocenters. The van der Waals surface area contributed by atoms with Crippen LogP contribution in [0.4, 0.5) is 0 Å². The van der Waals surface area contributed by atoms with Gasteiger partial charge in [0.15, 0.2) is 17.5 Å². The number of hydrogen-bond acceptors (Lipinski definition) is 3. The molecule has 8 aromatic carbocycles. The molecule has 0 saturated heterocycles. The van der Waals surface area contributed by atoms with Gasteiger partial charge in [-0.1, -0.05) is 182 Å². The van der Waals surface area contributed by atoms with Gasteiger partial charge in [-0.05, 0) is 97.2 Å².